The van der Waals surface area contributed by atoms with Crippen LogP contribution >= 0.6 is 0 Å². The van der Waals surface area contributed by atoms with Crippen LogP contribution in [0.3, 0.4) is 0 Å². The minimum absolute atomic E-state index is 0.0523. The number of hydrogen-bond acceptors (Lipinski definition) is 5. The monoisotopic (exact) mass is 369 g/mol. The molecule has 2 rings (SSSR count). The molecule has 1 saturated heterocycles. The van der Waals surface area contributed by atoms with E-state index in [1.54, 1.807) is 45.0 Å². The van der Waals surface area contributed by atoms with E-state index >= 15 is 0 Å². The molecule has 0 bridgehead atoms. The molecule has 1 heterocycles. The summed E-state index contributed by atoms with van der Waals surface area (Å²) in [7, 11) is -3.43. The van der Waals surface area contributed by atoms with Crippen molar-refractivity contribution < 1.29 is 17.9 Å². The predicted molar refractivity (Wildman–Crippen MR) is 99.4 cm³/mol. The quantitative estimate of drug-likeness (QED) is 0.805. The molecule has 0 saturated carbocycles. The van der Waals surface area contributed by atoms with Gasteiger partial charge >= 0.3 is 6.09 Å². The highest BCUT2D eigenvalue weighted by Gasteiger charge is 2.18. The third-order valence-electron chi connectivity index (χ3n) is 3.66. The largest absolute Gasteiger partial charge is 0.444 e. The van der Waals surface area contributed by atoms with Crippen LogP contribution in [0.1, 0.15) is 33.6 Å². The summed E-state index contributed by atoms with van der Waals surface area (Å²) >= 11 is 0. The molecule has 0 aliphatic carbocycles. The van der Waals surface area contributed by atoms with Gasteiger partial charge in [0.2, 0.25) is 10.0 Å². The second-order valence-electron chi connectivity index (χ2n) is 7.18. The van der Waals surface area contributed by atoms with Crippen LogP contribution in [-0.2, 0) is 14.8 Å². The SMILES string of the molecule is CC(C)(C)OC(=O)Nc1cccc(NS(=O)(=O)CCN2CCCC2)c1. The highest BCUT2D eigenvalue weighted by Crippen LogP contribution is 2.18. The van der Waals surface area contributed by atoms with Crippen molar-refractivity contribution in [2.75, 3.05) is 35.4 Å². The van der Waals surface area contributed by atoms with Crippen LogP contribution in [0.25, 0.3) is 0 Å². The first-order chi connectivity index (χ1) is 11.6. The molecule has 0 aromatic heterocycles. The summed E-state index contributed by atoms with van der Waals surface area (Å²) in [5.41, 5.74) is 0.280. The zero-order valence-corrected chi connectivity index (χ0v) is 15.9. The van der Waals surface area contributed by atoms with Crippen molar-refractivity contribution in [2.45, 2.75) is 39.2 Å². The smallest absolute Gasteiger partial charge is 0.412 e. The number of carbonyl (C=O) groups excluding carboxylic acids is 1. The summed E-state index contributed by atoms with van der Waals surface area (Å²) < 4.78 is 32.2. The topological polar surface area (TPSA) is 87.7 Å². The van der Waals surface area contributed by atoms with Crippen molar-refractivity contribution in [3.8, 4) is 0 Å². The van der Waals surface area contributed by atoms with Crippen LogP contribution in [0.5, 0.6) is 0 Å². The Kier molecular flexibility index (Phi) is 6.29. The van der Waals surface area contributed by atoms with Gasteiger partial charge in [-0.2, -0.15) is 0 Å². The molecular weight excluding hydrogens is 342 g/mol. The second-order valence-corrected chi connectivity index (χ2v) is 9.02. The molecule has 7 nitrogen and oxygen atoms in total. The Morgan fingerprint density at radius 1 is 1.20 bits per heavy atom. The van der Waals surface area contributed by atoms with Crippen molar-refractivity contribution in [1.29, 1.82) is 0 Å². The molecule has 1 aliphatic rings. The van der Waals surface area contributed by atoms with E-state index in [4.69, 9.17) is 4.74 Å². The Hall–Kier alpha value is -1.80. The molecule has 0 spiro atoms. The minimum Gasteiger partial charge on any atom is -0.444 e. The number of likely N-dealkylation sites (tertiary alicyclic amines) is 1. The highest BCUT2D eigenvalue weighted by atomic mass is 32.2. The first-order valence-electron chi connectivity index (χ1n) is 8.46. The van der Waals surface area contributed by atoms with Crippen LogP contribution in [0.15, 0.2) is 24.3 Å². The Labute approximate surface area is 149 Å². The summed E-state index contributed by atoms with van der Waals surface area (Å²) in [5, 5.41) is 2.60. The summed E-state index contributed by atoms with van der Waals surface area (Å²) in [6, 6.07) is 6.56. The van der Waals surface area contributed by atoms with Gasteiger partial charge in [-0.25, -0.2) is 13.2 Å². The van der Waals surface area contributed by atoms with Crippen LogP contribution < -0.4 is 10.0 Å². The molecule has 0 unspecified atom stereocenters. The van der Waals surface area contributed by atoms with Gasteiger partial charge in [-0.15, -0.1) is 0 Å². The lowest BCUT2D eigenvalue weighted by atomic mass is 10.2. The molecule has 1 aromatic rings. The van der Waals surface area contributed by atoms with Gasteiger partial charge in [-0.1, -0.05) is 6.07 Å². The number of carbonyl (C=O) groups is 1. The number of sulfonamides is 1. The van der Waals surface area contributed by atoms with E-state index in [-0.39, 0.29) is 5.75 Å². The molecule has 1 fully saturated rings. The van der Waals surface area contributed by atoms with E-state index in [9.17, 15) is 13.2 Å². The summed E-state index contributed by atoms with van der Waals surface area (Å²) in [5.74, 6) is 0.0523. The summed E-state index contributed by atoms with van der Waals surface area (Å²) in [4.78, 5) is 13.9. The molecule has 8 heteroatoms. The molecule has 0 radical (unpaired) electrons. The van der Waals surface area contributed by atoms with Gasteiger partial charge in [0.05, 0.1) is 11.4 Å². The zero-order valence-electron chi connectivity index (χ0n) is 15.0. The Balaban J connectivity index is 1.92. The molecule has 0 atom stereocenters. The number of anilines is 2. The maximum atomic E-state index is 12.2. The fourth-order valence-electron chi connectivity index (χ4n) is 2.57. The van der Waals surface area contributed by atoms with Gasteiger partial charge in [-0.05, 0) is 64.9 Å². The number of nitrogens with zero attached hydrogens (tertiary/aromatic N) is 1. The molecule has 140 valence electrons. The normalized spacial score (nSPS) is 15.8. The van der Waals surface area contributed by atoms with E-state index in [0.29, 0.717) is 17.9 Å². The number of rotatable bonds is 6. The fraction of sp³-hybridized carbons (Fsp3) is 0.588. The van der Waals surface area contributed by atoms with Gasteiger partial charge in [-0.3, -0.25) is 10.0 Å². The number of amides is 1. The van der Waals surface area contributed by atoms with E-state index in [0.717, 1.165) is 25.9 Å². The maximum Gasteiger partial charge on any atom is 0.412 e. The first-order valence-corrected chi connectivity index (χ1v) is 10.1. The molecule has 2 N–H and O–H groups in total. The Morgan fingerprint density at radius 3 is 2.48 bits per heavy atom. The third-order valence-corrected chi connectivity index (χ3v) is 4.92. The molecule has 1 aliphatic heterocycles. The maximum absolute atomic E-state index is 12.2. The van der Waals surface area contributed by atoms with Crippen LogP contribution in [0.2, 0.25) is 0 Å². The second kappa shape index (κ2) is 8.05. The molecule has 25 heavy (non-hydrogen) atoms. The lowest BCUT2D eigenvalue weighted by Crippen LogP contribution is -2.29. The average Bonchev–Trinajstić information content (AvgIpc) is 2.96. The Bertz CT molecular complexity index is 692. The highest BCUT2D eigenvalue weighted by molar-refractivity contribution is 7.92. The number of hydrogen-bond donors (Lipinski definition) is 2. The van der Waals surface area contributed by atoms with Crippen molar-refractivity contribution >= 4 is 27.5 Å². The van der Waals surface area contributed by atoms with E-state index in [1.807, 2.05) is 0 Å². The van der Waals surface area contributed by atoms with E-state index in [1.165, 1.54) is 0 Å². The fourth-order valence-corrected chi connectivity index (χ4v) is 3.65. The number of nitrogens with one attached hydrogen (secondary N) is 2. The molecule has 1 amide bonds. The molecule has 1 aromatic carbocycles. The number of benzene rings is 1. The van der Waals surface area contributed by atoms with Crippen molar-refractivity contribution in [2.24, 2.45) is 0 Å². The van der Waals surface area contributed by atoms with Gasteiger partial charge in [0.1, 0.15) is 5.60 Å². The van der Waals surface area contributed by atoms with Gasteiger partial charge < -0.3 is 9.64 Å². The lowest BCUT2D eigenvalue weighted by molar-refractivity contribution is 0.0636. The van der Waals surface area contributed by atoms with Crippen molar-refractivity contribution in [1.82, 2.24) is 4.90 Å². The number of ether oxygens (including phenoxy) is 1. The Morgan fingerprint density at radius 2 is 1.84 bits per heavy atom. The van der Waals surface area contributed by atoms with Gasteiger partial charge in [0, 0.05) is 12.2 Å². The summed E-state index contributed by atoms with van der Waals surface area (Å²) in [6.07, 6.45) is 1.68. The molecular formula is C17H27N3O4S. The van der Waals surface area contributed by atoms with Crippen LogP contribution in [-0.4, -0.2) is 50.4 Å². The minimum atomic E-state index is -3.43. The van der Waals surface area contributed by atoms with Crippen molar-refractivity contribution in [3.63, 3.8) is 0 Å². The predicted octanol–water partition coefficient (Wildman–Crippen LogP) is 2.87. The zero-order chi connectivity index (χ0) is 18.5. The average molecular weight is 369 g/mol. The van der Waals surface area contributed by atoms with Crippen LogP contribution in [0, 0.1) is 0 Å². The first kappa shape index (κ1) is 19.5. The standard InChI is InChI=1S/C17H27N3O4S/c1-17(2,3)24-16(21)18-14-7-6-8-15(13-14)19-25(22,23)12-11-20-9-4-5-10-20/h6-8,13,19H,4-5,9-12H2,1-3H3,(H,18,21). The van der Waals surface area contributed by atoms with Gasteiger partial charge in [0.25, 0.3) is 0 Å². The van der Waals surface area contributed by atoms with E-state index in [2.05, 4.69) is 14.9 Å². The van der Waals surface area contributed by atoms with Crippen LogP contribution in [0.4, 0.5) is 16.2 Å². The van der Waals surface area contributed by atoms with Crippen molar-refractivity contribution in [3.05, 3.63) is 24.3 Å². The van der Waals surface area contributed by atoms with E-state index < -0.39 is 21.7 Å². The summed E-state index contributed by atoms with van der Waals surface area (Å²) in [6.45, 7) is 7.79. The lowest BCUT2D eigenvalue weighted by Gasteiger charge is -2.20. The third kappa shape index (κ3) is 7.31. The van der Waals surface area contributed by atoms with Gasteiger partial charge in [0.15, 0.2) is 0 Å².